The summed E-state index contributed by atoms with van der Waals surface area (Å²) in [6, 6.07) is -0.0749. The predicted molar refractivity (Wildman–Crippen MR) is 61.0 cm³/mol. The lowest BCUT2D eigenvalue weighted by Gasteiger charge is -2.43. The Kier molecular flexibility index (Phi) is 3.61. The maximum absolute atomic E-state index is 11.7. The molecule has 1 saturated carbocycles. The van der Waals surface area contributed by atoms with Crippen LogP contribution >= 0.6 is 0 Å². The van der Waals surface area contributed by atoms with Gasteiger partial charge in [0.05, 0.1) is 0 Å². The van der Waals surface area contributed by atoms with Crippen molar-refractivity contribution in [1.82, 2.24) is 4.90 Å². The smallest absolute Gasteiger partial charge is 0.329 e. The van der Waals surface area contributed by atoms with E-state index < -0.39 is 11.5 Å². The fraction of sp³-hybridized carbons (Fsp3) is 0.833. The largest absolute Gasteiger partial charge is 0.479 e. The van der Waals surface area contributed by atoms with E-state index in [1.54, 1.807) is 4.90 Å². The number of hydrogen-bond donors (Lipinski definition) is 1. The Morgan fingerprint density at radius 3 is 2.25 bits per heavy atom. The first-order valence-electron chi connectivity index (χ1n) is 5.87. The van der Waals surface area contributed by atoms with Crippen LogP contribution in [0.3, 0.4) is 0 Å². The van der Waals surface area contributed by atoms with Gasteiger partial charge in [0.25, 0.3) is 0 Å². The molecule has 0 aromatic carbocycles. The molecule has 1 fully saturated rings. The SMILES string of the molecule is CC(=O)N(C(C)C)C1(C(=O)O)CCCC1C. The van der Waals surface area contributed by atoms with Gasteiger partial charge in [-0.2, -0.15) is 0 Å². The number of hydrogen-bond acceptors (Lipinski definition) is 2. The van der Waals surface area contributed by atoms with Crippen molar-refractivity contribution in [1.29, 1.82) is 0 Å². The summed E-state index contributed by atoms with van der Waals surface area (Å²) in [5.41, 5.74) is -0.986. The van der Waals surface area contributed by atoms with Gasteiger partial charge in [-0.1, -0.05) is 13.3 Å². The van der Waals surface area contributed by atoms with Gasteiger partial charge in [0.2, 0.25) is 5.91 Å². The number of rotatable bonds is 3. The molecule has 0 aliphatic heterocycles. The zero-order chi connectivity index (χ0) is 12.5. The van der Waals surface area contributed by atoms with Gasteiger partial charge < -0.3 is 10.0 Å². The van der Waals surface area contributed by atoms with Crippen molar-refractivity contribution in [2.24, 2.45) is 5.92 Å². The van der Waals surface area contributed by atoms with Crippen LogP contribution in [0.2, 0.25) is 0 Å². The first-order chi connectivity index (χ1) is 7.34. The van der Waals surface area contributed by atoms with E-state index in [1.165, 1.54) is 6.92 Å². The Bertz CT molecular complexity index is 301. The third-order valence-corrected chi connectivity index (χ3v) is 3.67. The first kappa shape index (κ1) is 13.0. The molecule has 1 amide bonds. The van der Waals surface area contributed by atoms with Crippen molar-refractivity contribution < 1.29 is 14.7 Å². The van der Waals surface area contributed by atoms with Crippen LogP contribution in [0.1, 0.15) is 47.0 Å². The lowest BCUT2D eigenvalue weighted by atomic mass is 9.85. The summed E-state index contributed by atoms with van der Waals surface area (Å²) in [6.07, 6.45) is 2.33. The summed E-state index contributed by atoms with van der Waals surface area (Å²) in [5.74, 6) is -0.983. The molecular formula is C12H21NO3. The molecule has 2 unspecified atom stereocenters. The van der Waals surface area contributed by atoms with Gasteiger partial charge in [0.15, 0.2) is 0 Å². The fourth-order valence-electron chi connectivity index (χ4n) is 3.05. The standard InChI is InChI=1S/C12H21NO3/c1-8(2)13(10(4)14)12(11(15)16)7-5-6-9(12)3/h8-9H,5-7H2,1-4H3,(H,15,16). The third-order valence-electron chi connectivity index (χ3n) is 3.67. The van der Waals surface area contributed by atoms with Gasteiger partial charge >= 0.3 is 5.97 Å². The van der Waals surface area contributed by atoms with E-state index in [-0.39, 0.29) is 17.9 Å². The average molecular weight is 227 g/mol. The van der Waals surface area contributed by atoms with E-state index in [0.29, 0.717) is 6.42 Å². The van der Waals surface area contributed by atoms with Crippen LogP contribution in [0, 0.1) is 5.92 Å². The van der Waals surface area contributed by atoms with Crippen LogP contribution in [0.25, 0.3) is 0 Å². The van der Waals surface area contributed by atoms with E-state index in [1.807, 2.05) is 20.8 Å². The third kappa shape index (κ3) is 1.81. The molecule has 0 saturated heterocycles. The maximum Gasteiger partial charge on any atom is 0.329 e. The molecule has 16 heavy (non-hydrogen) atoms. The van der Waals surface area contributed by atoms with Crippen molar-refractivity contribution >= 4 is 11.9 Å². The van der Waals surface area contributed by atoms with Crippen LogP contribution in [0.4, 0.5) is 0 Å². The number of nitrogens with zero attached hydrogens (tertiary/aromatic N) is 1. The predicted octanol–water partition coefficient (Wildman–Crippen LogP) is 1.89. The van der Waals surface area contributed by atoms with Crippen molar-refractivity contribution in [2.75, 3.05) is 0 Å². The molecule has 0 aromatic rings. The number of carbonyl (C=O) groups is 2. The normalized spacial score (nSPS) is 29.4. The van der Waals surface area contributed by atoms with Crippen molar-refractivity contribution in [3.05, 3.63) is 0 Å². The molecule has 1 N–H and O–H groups in total. The zero-order valence-electron chi connectivity index (χ0n) is 10.5. The minimum absolute atomic E-state index is 0.0244. The van der Waals surface area contributed by atoms with E-state index in [9.17, 15) is 14.7 Å². The Balaban J connectivity index is 3.19. The highest BCUT2D eigenvalue weighted by Gasteiger charge is 2.53. The van der Waals surface area contributed by atoms with Gasteiger partial charge in [-0.05, 0) is 32.6 Å². The van der Waals surface area contributed by atoms with E-state index >= 15 is 0 Å². The number of carbonyl (C=O) groups excluding carboxylic acids is 1. The second-order valence-corrected chi connectivity index (χ2v) is 5.01. The minimum Gasteiger partial charge on any atom is -0.479 e. The second-order valence-electron chi connectivity index (χ2n) is 5.01. The Morgan fingerprint density at radius 1 is 1.44 bits per heavy atom. The minimum atomic E-state index is -0.986. The van der Waals surface area contributed by atoms with Crippen molar-refractivity contribution in [3.8, 4) is 0 Å². The van der Waals surface area contributed by atoms with Crippen molar-refractivity contribution in [2.45, 2.75) is 58.5 Å². The fourth-order valence-corrected chi connectivity index (χ4v) is 3.05. The number of aliphatic carboxylic acids is 1. The molecule has 1 rings (SSSR count). The zero-order valence-corrected chi connectivity index (χ0v) is 10.5. The van der Waals surface area contributed by atoms with E-state index in [4.69, 9.17) is 0 Å². The molecule has 0 aromatic heterocycles. The topological polar surface area (TPSA) is 57.6 Å². The summed E-state index contributed by atoms with van der Waals surface area (Å²) in [5, 5.41) is 9.51. The molecule has 92 valence electrons. The van der Waals surface area contributed by atoms with Gasteiger partial charge in [-0.15, -0.1) is 0 Å². The highest BCUT2D eigenvalue weighted by atomic mass is 16.4. The second kappa shape index (κ2) is 4.44. The Hall–Kier alpha value is -1.06. The number of carboxylic acids is 1. The first-order valence-corrected chi connectivity index (χ1v) is 5.87. The quantitative estimate of drug-likeness (QED) is 0.801. The molecular weight excluding hydrogens is 206 g/mol. The molecule has 2 atom stereocenters. The lowest BCUT2D eigenvalue weighted by Crippen LogP contribution is -2.60. The molecule has 4 heteroatoms. The van der Waals surface area contributed by atoms with Crippen LogP contribution in [0.5, 0.6) is 0 Å². The van der Waals surface area contributed by atoms with Gasteiger partial charge in [-0.3, -0.25) is 4.79 Å². The van der Waals surface area contributed by atoms with Gasteiger partial charge in [-0.25, -0.2) is 4.79 Å². The lowest BCUT2D eigenvalue weighted by molar-refractivity contribution is -0.163. The summed E-state index contributed by atoms with van der Waals surface area (Å²) in [6.45, 7) is 7.13. The monoisotopic (exact) mass is 227 g/mol. The molecule has 1 aliphatic carbocycles. The summed E-state index contributed by atoms with van der Waals surface area (Å²) in [7, 11) is 0. The molecule has 0 heterocycles. The maximum atomic E-state index is 11.7. The molecule has 1 aliphatic rings. The highest BCUT2D eigenvalue weighted by Crippen LogP contribution is 2.41. The summed E-state index contributed by atoms with van der Waals surface area (Å²) in [4.78, 5) is 24.8. The van der Waals surface area contributed by atoms with Gasteiger partial charge in [0.1, 0.15) is 5.54 Å². The Morgan fingerprint density at radius 2 is 2.00 bits per heavy atom. The Labute approximate surface area is 96.6 Å². The summed E-state index contributed by atoms with van der Waals surface area (Å²) >= 11 is 0. The summed E-state index contributed by atoms with van der Waals surface area (Å²) < 4.78 is 0. The molecule has 4 nitrogen and oxygen atoms in total. The van der Waals surface area contributed by atoms with Crippen LogP contribution < -0.4 is 0 Å². The number of carboxylic acid groups (broad SMARTS) is 1. The van der Waals surface area contributed by atoms with E-state index in [0.717, 1.165) is 12.8 Å². The van der Waals surface area contributed by atoms with Crippen molar-refractivity contribution in [3.63, 3.8) is 0 Å². The van der Waals surface area contributed by atoms with Gasteiger partial charge in [0, 0.05) is 13.0 Å². The molecule has 0 radical (unpaired) electrons. The number of amides is 1. The van der Waals surface area contributed by atoms with Crippen LogP contribution in [0.15, 0.2) is 0 Å². The molecule has 0 bridgehead atoms. The molecule has 0 spiro atoms. The van der Waals surface area contributed by atoms with Crippen LogP contribution in [-0.2, 0) is 9.59 Å². The highest BCUT2D eigenvalue weighted by molar-refractivity contribution is 5.87. The van der Waals surface area contributed by atoms with Crippen LogP contribution in [-0.4, -0.2) is 33.5 Å². The van der Waals surface area contributed by atoms with E-state index in [2.05, 4.69) is 0 Å². The average Bonchev–Trinajstić information content (AvgIpc) is 2.47.